The predicted molar refractivity (Wildman–Crippen MR) is 119 cm³/mol. The van der Waals surface area contributed by atoms with Crippen LogP contribution in [0.15, 0.2) is 24.4 Å². The average molecular weight is 471 g/mol. The van der Waals surface area contributed by atoms with Crippen LogP contribution >= 0.6 is 0 Å². The van der Waals surface area contributed by atoms with Crippen molar-refractivity contribution in [3.8, 4) is 11.5 Å². The molecule has 0 radical (unpaired) electrons. The number of hydrogen-bond acceptors (Lipinski definition) is 8. The van der Waals surface area contributed by atoms with Gasteiger partial charge in [0.15, 0.2) is 17.1 Å². The second-order valence-electron chi connectivity index (χ2n) is 8.66. The first-order valence-electron chi connectivity index (χ1n) is 11.2. The predicted octanol–water partition coefficient (Wildman–Crippen LogP) is 2.64. The maximum Gasteiger partial charge on any atom is 0.271 e. The number of ether oxygens (including phenoxy) is 2. The minimum absolute atomic E-state index is 0.0699. The van der Waals surface area contributed by atoms with E-state index < -0.39 is 17.9 Å². The molecule has 1 aromatic carbocycles. The molecule has 0 bridgehead atoms. The summed E-state index contributed by atoms with van der Waals surface area (Å²) in [6.45, 7) is 0.281. The van der Waals surface area contributed by atoms with Crippen molar-refractivity contribution < 1.29 is 23.0 Å². The molecule has 1 saturated heterocycles. The van der Waals surface area contributed by atoms with Gasteiger partial charge >= 0.3 is 0 Å². The van der Waals surface area contributed by atoms with Gasteiger partial charge in [0.25, 0.3) is 5.91 Å². The highest BCUT2D eigenvalue weighted by atomic mass is 19.1. The summed E-state index contributed by atoms with van der Waals surface area (Å²) in [6, 6.07) is 4.33. The fraction of sp³-hybridized carbons (Fsp3) is 0.409. The van der Waals surface area contributed by atoms with Crippen molar-refractivity contribution in [2.75, 3.05) is 30.8 Å². The molecule has 3 aliphatic rings. The number of nitrogens with one attached hydrogen (secondary N) is 3. The number of hydrogen-bond donors (Lipinski definition) is 3. The lowest BCUT2D eigenvalue weighted by molar-refractivity contribution is 0.0193. The number of anilines is 3. The van der Waals surface area contributed by atoms with Crippen molar-refractivity contribution >= 4 is 28.9 Å². The highest BCUT2D eigenvalue weighted by Gasteiger charge is 2.37. The summed E-state index contributed by atoms with van der Waals surface area (Å²) in [5.41, 5.74) is 3.53. The van der Waals surface area contributed by atoms with Crippen LogP contribution < -0.4 is 25.5 Å². The molecular formula is C22H23F2N7O3. The van der Waals surface area contributed by atoms with Crippen LogP contribution in [0.1, 0.15) is 29.6 Å². The number of nitrogens with zero attached hydrogens (tertiary/aromatic N) is 4. The van der Waals surface area contributed by atoms with Crippen molar-refractivity contribution in [1.82, 2.24) is 25.0 Å². The molecule has 178 valence electrons. The third-order valence-corrected chi connectivity index (χ3v) is 6.29. The second-order valence-corrected chi connectivity index (χ2v) is 8.66. The first kappa shape index (κ1) is 20.9. The Kier molecular flexibility index (Phi) is 4.90. The van der Waals surface area contributed by atoms with E-state index in [9.17, 15) is 13.6 Å². The minimum Gasteiger partial charge on any atom is -0.482 e. The fourth-order valence-electron chi connectivity index (χ4n) is 4.57. The largest absolute Gasteiger partial charge is 0.482 e. The van der Waals surface area contributed by atoms with Gasteiger partial charge in [-0.25, -0.2) is 18.8 Å². The third kappa shape index (κ3) is 3.54. The Balaban J connectivity index is 1.34. The van der Waals surface area contributed by atoms with Gasteiger partial charge in [0.1, 0.15) is 41.4 Å². The van der Waals surface area contributed by atoms with E-state index in [1.807, 2.05) is 0 Å². The zero-order valence-electron chi connectivity index (χ0n) is 18.3. The molecule has 0 unspecified atom stereocenters. The van der Waals surface area contributed by atoms with Gasteiger partial charge in [0.2, 0.25) is 0 Å². The van der Waals surface area contributed by atoms with Gasteiger partial charge in [0, 0.05) is 25.2 Å². The lowest BCUT2D eigenvalue weighted by Gasteiger charge is -2.33. The summed E-state index contributed by atoms with van der Waals surface area (Å²) in [5.74, 6) is 0.775. The van der Waals surface area contributed by atoms with Crippen LogP contribution in [0, 0.1) is 5.82 Å². The highest BCUT2D eigenvalue weighted by molar-refractivity contribution is 5.99. The number of fused-ring (bicyclic) bond motifs is 3. The fourth-order valence-corrected chi connectivity index (χ4v) is 4.57. The van der Waals surface area contributed by atoms with E-state index in [4.69, 9.17) is 9.47 Å². The average Bonchev–Trinajstić information content (AvgIpc) is 3.42. The number of alkyl halides is 1. The summed E-state index contributed by atoms with van der Waals surface area (Å²) in [5, 5.41) is 11.9. The van der Waals surface area contributed by atoms with Crippen molar-refractivity contribution in [3.05, 3.63) is 35.8 Å². The van der Waals surface area contributed by atoms with Crippen LogP contribution in [0.3, 0.4) is 0 Å². The van der Waals surface area contributed by atoms with E-state index in [2.05, 4.69) is 26.1 Å². The Labute approximate surface area is 193 Å². The number of rotatable bonds is 5. The van der Waals surface area contributed by atoms with Gasteiger partial charge in [-0.15, -0.1) is 0 Å². The summed E-state index contributed by atoms with van der Waals surface area (Å²) >= 11 is 0. The number of amides is 1. The van der Waals surface area contributed by atoms with Crippen molar-refractivity contribution in [3.63, 3.8) is 0 Å². The topological polar surface area (TPSA) is 105 Å². The van der Waals surface area contributed by atoms with Crippen molar-refractivity contribution in [2.45, 2.75) is 37.6 Å². The van der Waals surface area contributed by atoms with E-state index in [1.165, 1.54) is 27.9 Å². The Morgan fingerprint density at radius 3 is 2.74 bits per heavy atom. The maximum absolute atomic E-state index is 14.4. The number of hydrazine groups is 1. The Morgan fingerprint density at radius 2 is 1.97 bits per heavy atom. The molecule has 12 heteroatoms. The van der Waals surface area contributed by atoms with Crippen LogP contribution in [-0.2, 0) is 0 Å². The zero-order valence-corrected chi connectivity index (χ0v) is 18.3. The van der Waals surface area contributed by atoms with Crippen molar-refractivity contribution in [1.29, 1.82) is 0 Å². The molecule has 2 aromatic heterocycles. The van der Waals surface area contributed by atoms with Gasteiger partial charge in [0.05, 0.1) is 25.0 Å². The van der Waals surface area contributed by atoms with Crippen LogP contribution in [0.4, 0.5) is 26.1 Å². The van der Waals surface area contributed by atoms with E-state index in [0.29, 0.717) is 28.8 Å². The van der Waals surface area contributed by atoms with Gasteiger partial charge in [-0.05, 0) is 19.3 Å². The number of aromatic nitrogens is 3. The molecular weight excluding hydrogens is 448 g/mol. The molecule has 2 atom stereocenters. The van der Waals surface area contributed by atoms with Crippen LogP contribution in [0.5, 0.6) is 11.5 Å². The molecule has 1 saturated carbocycles. The van der Waals surface area contributed by atoms with Gasteiger partial charge in [-0.3, -0.25) is 10.2 Å². The number of halogens is 2. The summed E-state index contributed by atoms with van der Waals surface area (Å²) in [6.07, 6.45) is 3.06. The molecule has 2 fully saturated rings. The molecule has 3 aromatic rings. The number of benzene rings is 1. The standard InChI is InChI=1S/C22H23F2N7O3/c1-25-19-7-18(28-21-13(8-26-31(19)21)22(32)29-30-9-12(24)10-30)27-14-5-11(23)6-17-20(14)34-16-4-2-3-15(16)33-17/h5-8,12,15-16,25H,2-4,9-10H2,1H3,(H,27,28)(H,29,32)/t15-,16+/m0/s1. The lowest BCUT2D eigenvalue weighted by Crippen LogP contribution is -2.57. The van der Waals surface area contributed by atoms with Crippen LogP contribution in [0.2, 0.25) is 0 Å². The van der Waals surface area contributed by atoms with Crippen LogP contribution in [-0.4, -0.2) is 64.0 Å². The maximum atomic E-state index is 14.4. The van der Waals surface area contributed by atoms with Gasteiger partial charge < -0.3 is 20.1 Å². The minimum atomic E-state index is -0.947. The third-order valence-electron chi connectivity index (χ3n) is 6.29. The molecule has 2 aliphatic heterocycles. The molecule has 1 aliphatic carbocycles. The summed E-state index contributed by atoms with van der Waals surface area (Å²) in [4.78, 5) is 17.3. The van der Waals surface area contributed by atoms with E-state index in [-0.39, 0.29) is 36.5 Å². The van der Waals surface area contributed by atoms with Crippen molar-refractivity contribution in [2.24, 2.45) is 0 Å². The first-order chi connectivity index (χ1) is 16.5. The van der Waals surface area contributed by atoms with E-state index in [1.54, 1.807) is 13.1 Å². The SMILES string of the molecule is CNc1cc(Nc2cc(F)cc3c2O[C@@H]2CCC[C@@H]2O3)nc2c(C(=O)NN3CC(F)C3)cnn12. The van der Waals surface area contributed by atoms with Crippen LogP contribution in [0.25, 0.3) is 5.65 Å². The molecule has 6 rings (SSSR count). The van der Waals surface area contributed by atoms with Gasteiger partial charge in [-0.1, -0.05) is 0 Å². The smallest absolute Gasteiger partial charge is 0.271 e. The highest BCUT2D eigenvalue weighted by Crippen LogP contribution is 2.45. The van der Waals surface area contributed by atoms with E-state index in [0.717, 1.165) is 19.3 Å². The zero-order chi connectivity index (χ0) is 23.4. The Bertz CT molecular complexity index is 1280. The molecule has 10 nitrogen and oxygen atoms in total. The quantitative estimate of drug-likeness (QED) is 0.522. The lowest BCUT2D eigenvalue weighted by atomic mass is 10.2. The Morgan fingerprint density at radius 1 is 1.18 bits per heavy atom. The first-order valence-corrected chi connectivity index (χ1v) is 11.2. The molecule has 34 heavy (non-hydrogen) atoms. The summed E-state index contributed by atoms with van der Waals surface area (Å²) < 4.78 is 41.1. The molecule has 0 spiro atoms. The second kappa shape index (κ2) is 7.97. The van der Waals surface area contributed by atoms with E-state index >= 15 is 0 Å². The monoisotopic (exact) mass is 471 g/mol. The number of carbonyl (C=O) groups excluding carboxylic acids is 1. The molecule has 4 heterocycles. The Hall–Kier alpha value is -3.67. The molecule has 3 N–H and O–H groups in total. The normalized spacial score (nSPS) is 21.7. The van der Waals surface area contributed by atoms with Gasteiger partial charge in [-0.2, -0.15) is 9.61 Å². The molecule has 1 amide bonds. The number of carbonyl (C=O) groups is 1. The summed E-state index contributed by atoms with van der Waals surface area (Å²) in [7, 11) is 1.71.